The SMILES string of the molecule is [N-]=[N+]=Nc1ccc(I)cc1C(=O)N1CCC[C@H]1CO. The zero-order valence-corrected chi connectivity index (χ0v) is 12.3. The number of rotatable bonds is 3. The van der Waals surface area contributed by atoms with Gasteiger partial charge in [-0.3, -0.25) is 4.79 Å². The maximum Gasteiger partial charge on any atom is 0.254 e. The minimum atomic E-state index is -0.183. The molecule has 1 aromatic carbocycles. The molecule has 1 heterocycles. The molecule has 6 nitrogen and oxygen atoms in total. The lowest BCUT2D eigenvalue weighted by atomic mass is 10.1. The highest BCUT2D eigenvalue weighted by atomic mass is 127. The van der Waals surface area contributed by atoms with Crippen LogP contribution in [0.25, 0.3) is 10.4 Å². The minimum Gasteiger partial charge on any atom is -0.394 e. The molecule has 0 unspecified atom stereocenters. The van der Waals surface area contributed by atoms with Gasteiger partial charge in [0.1, 0.15) is 0 Å². The molecule has 7 heteroatoms. The molecule has 1 amide bonds. The van der Waals surface area contributed by atoms with Gasteiger partial charge in [-0.05, 0) is 53.1 Å². The Morgan fingerprint density at radius 3 is 3.11 bits per heavy atom. The molecule has 100 valence electrons. The van der Waals surface area contributed by atoms with E-state index in [2.05, 4.69) is 32.6 Å². The monoisotopic (exact) mass is 372 g/mol. The predicted octanol–water partition coefficient (Wildman–Crippen LogP) is 2.83. The first-order valence-electron chi connectivity index (χ1n) is 5.94. The van der Waals surface area contributed by atoms with Crippen molar-refractivity contribution in [2.75, 3.05) is 13.2 Å². The van der Waals surface area contributed by atoms with E-state index >= 15 is 0 Å². The first kappa shape index (κ1) is 14.1. The summed E-state index contributed by atoms with van der Waals surface area (Å²) < 4.78 is 0.901. The number of aliphatic hydroxyl groups is 1. The van der Waals surface area contributed by atoms with Crippen LogP contribution >= 0.6 is 22.6 Å². The second-order valence-corrected chi connectivity index (χ2v) is 5.57. The molecule has 1 saturated heterocycles. The number of halogens is 1. The standard InChI is InChI=1S/C12H13IN4O2/c13-8-3-4-11(15-16-14)10(6-8)12(19)17-5-1-2-9(17)7-18/h3-4,6,9,18H,1-2,5,7H2/t9-/m0/s1. The lowest BCUT2D eigenvalue weighted by Crippen LogP contribution is -2.37. The van der Waals surface area contributed by atoms with Gasteiger partial charge in [0, 0.05) is 15.0 Å². The summed E-state index contributed by atoms with van der Waals surface area (Å²) in [6, 6.07) is 5.00. The van der Waals surface area contributed by atoms with Crippen molar-refractivity contribution in [3.05, 3.63) is 37.8 Å². The molecule has 1 aromatic rings. The number of carbonyl (C=O) groups excluding carboxylic acids is 1. The van der Waals surface area contributed by atoms with Crippen LogP contribution in [0.4, 0.5) is 5.69 Å². The van der Waals surface area contributed by atoms with Crippen molar-refractivity contribution in [3.63, 3.8) is 0 Å². The fourth-order valence-corrected chi connectivity index (χ4v) is 2.75. The largest absolute Gasteiger partial charge is 0.394 e. The summed E-state index contributed by atoms with van der Waals surface area (Å²) in [6.07, 6.45) is 1.70. The molecule has 0 aromatic heterocycles. The Labute approximate surface area is 124 Å². The number of nitrogens with zero attached hydrogens (tertiary/aromatic N) is 4. The zero-order chi connectivity index (χ0) is 13.8. The van der Waals surface area contributed by atoms with Gasteiger partial charge in [-0.15, -0.1) is 0 Å². The van der Waals surface area contributed by atoms with Gasteiger partial charge in [0.25, 0.3) is 5.91 Å². The minimum absolute atomic E-state index is 0.0352. The molecule has 2 rings (SSSR count). The Balaban J connectivity index is 2.37. The highest BCUT2D eigenvalue weighted by Crippen LogP contribution is 2.27. The van der Waals surface area contributed by atoms with E-state index in [1.54, 1.807) is 23.1 Å². The summed E-state index contributed by atoms with van der Waals surface area (Å²) in [5.41, 5.74) is 9.27. The molecule has 1 atom stereocenters. The quantitative estimate of drug-likeness (QED) is 0.383. The van der Waals surface area contributed by atoms with E-state index in [1.165, 1.54) is 0 Å². The second kappa shape index (κ2) is 6.23. The van der Waals surface area contributed by atoms with Crippen molar-refractivity contribution in [1.82, 2.24) is 4.90 Å². The van der Waals surface area contributed by atoms with Crippen LogP contribution in [0.3, 0.4) is 0 Å². The summed E-state index contributed by atoms with van der Waals surface area (Å²) in [4.78, 5) is 16.9. The number of benzene rings is 1. The Morgan fingerprint density at radius 1 is 1.63 bits per heavy atom. The van der Waals surface area contributed by atoms with E-state index in [4.69, 9.17) is 5.53 Å². The molecule has 0 aliphatic carbocycles. The van der Waals surface area contributed by atoms with Gasteiger partial charge in [0.2, 0.25) is 0 Å². The topological polar surface area (TPSA) is 89.3 Å². The number of aliphatic hydroxyl groups excluding tert-OH is 1. The van der Waals surface area contributed by atoms with Gasteiger partial charge in [-0.25, -0.2) is 0 Å². The maximum absolute atomic E-state index is 12.5. The third-order valence-corrected chi connectivity index (χ3v) is 3.86. The van der Waals surface area contributed by atoms with Crippen LogP contribution in [0.2, 0.25) is 0 Å². The molecular formula is C12H13IN4O2. The highest BCUT2D eigenvalue weighted by Gasteiger charge is 2.29. The predicted molar refractivity (Wildman–Crippen MR) is 79.1 cm³/mol. The van der Waals surface area contributed by atoms with Gasteiger partial charge in [0.15, 0.2) is 0 Å². The van der Waals surface area contributed by atoms with Crippen LogP contribution in [0.5, 0.6) is 0 Å². The summed E-state index contributed by atoms with van der Waals surface area (Å²) in [7, 11) is 0. The first-order chi connectivity index (χ1) is 9.17. The summed E-state index contributed by atoms with van der Waals surface area (Å²) in [6.45, 7) is 0.595. The number of azide groups is 1. The van der Waals surface area contributed by atoms with Crippen LogP contribution in [0.15, 0.2) is 23.3 Å². The van der Waals surface area contributed by atoms with Gasteiger partial charge in [-0.2, -0.15) is 0 Å². The molecule has 1 aliphatic heterocycles. The second-order valence-electron chi connectivity index (χ2n) is 4.33. The van der Waals surface area contributed by atoms with E-state index in [0.717, 1.165) is 16.4 Å². The fraction of sp³-hybridized carbons (Fsp3) is 0.417. The molecular weight excluding hydrogens is 359 g/mol. The van der Waals surface area contributed by atoms with Crippen LogP contribution in [-0.4, -0.2) is 35.1 Å². The van der Waals surface area contributed by atoms with E-state index in [9.17, 15) is 9.90 Å². The molecule has 1 N–H and O–H groups in total. The lowest BCUT2D eigenvalue weighted by Gasteiger charge is -2.23. The van der Waals surface area contributed by atoms with Crippen molar-refractivity contribution in [2.45, 2.75) is 18.9 Å². The van der Waals surface area contributed by atoms with Gasteiger partial charge in [0.05, 0.1) is 23.9 Å². The van der Waals surface area contributed by atoms with Crippen molar-refractivity contribution in [2.24, 2.45) is 5.11 Å². The molecule has 0 spiro atoms. The Kier molecular flexibility index (Phi) is 4.62. The van der Waals surface area contributed by atoms with Crippen LogP contribution in [0.1, 0.15) is 23.2 Å². The van der Waals surface area contributed by atoms with E-state index < -0.39 is 0 Å². The molecule has 1 aliphatic rings. The Hall–Kier alpha value is -1.31. The van der Waals surface area contributed by atoms with Crippen LogP contribution in [0, 0.1) is 3.57 Å². The van der Waals surface area contributed by atoms with Gasteiger partial charge >= 0.3 is 0 Å². The molecule has 0 radical (unpaired) electrons. The molecule has 1 fully saturated rings. The lowest BCUT2D eigenvalue weighted by molar-refractivity contribution is 0.0678. The van der Waals surface area contributed by atoms with Gasteiger partial charge < -0.3 is 10.0 Å². The maximum atomic E-state index is 12.5. The molecule has 0 bridgehead atoms. The third-order valence-electron chi connectivity index (χ3n) is 3.19. The number of amides is 1. The summed E-state index contributed by atoms with van der Waals surface area (Å²) in [5.74, 6) is -0.183. The summed E-state index contributed by atoms with van der Waals surface area (Å²) in [5, 5.41) is 12.8. The van der Waals surface area contributed by atoms with Crippen molar-refractivity contribution in [3.8, 4) is 0 Å². The van der Waals surface area contributed by atoms with E-state index in [-0.39, 0.29) is 18.6 Å². The Bertz CT molecular complexity index is 543. The number of hydrogen-bond acceptors (Lipinski definition) is 3. The zero-order valence-electron chi connectivity index (χ0n) is 10.2. The fourth-order valence-electron chi connectivity index (χ4n) is 2.26. The average molecular weight is 372 g/mol. The molecule has 0 saturated carbocycles. The van der Waals surface area contributed by atoms with Crippen molar-refractivity contribution < 1.29 is 9.90 Å². The van der Waals surface area contributed by atoms with E-state index in [1.807, 2.05) is 0 Å². The highest BCUT2D eigenvalue weighted by molar-refractivity contribution is 14.1. The Morgan fingerprint density at radius 2 is 2.42 bits per heavy atom. The molecule has 19 heavy (non-hydrogen) atoms. The number of carbonyl (C=O) groups is 1. The number of hydrogen-bond donors (Lipinski definition) is 1. The first-order valence-corrected chi connectivity index (χ1v) is 7.01. The summed E-state index contributed by atoms with van der Waals surface area (Å²) >= 11 is 2.11. The van der Waals surface area contributed by atoms with Gasteiger partial charge in [-0.1, -0.05) is 11.2 Å². The van der Waals surface area contributed by atoms with Crippen molar-refractivity contribution >= 4 is 34.2 Å². The third kappa shape index (κ3) is 2.99. The number of likely N-dealkylation sites (tertiary alicyclic amines) is 1. The normalized spacial score (nSPS) is 18.2. The van der Waals surface area contributed by atoms with Crippen LogP contribution in [-0.2, 0) is 0 Å². The van der Waals surface area contributed by atoms with Crippen LogP contribution < -0.4 is 0 Å². The smallest absolute Gasteiger partial charge is 0.254 e. The average Bonchev–Trinajstić information content (AvgIpc) is 2.88. The van der Waals surface area contributed by atoms with E-state index in [0.29, 0.717) is 17.8 Å². The van der Waals surface area contributed by atoms with Crippen molar-refractivity contribution in [1.29, 1.82) is 0 Å².